The second-order valence-electron chi connectivity index (χ2n) is 5.04. The Kier molecular flexibility index (Phi) is 15.7. The van der Waals surface area contributed by atoms with Crippen LogP contribution in [-0.4, -0.2) is 6.29 Å². The summed E-state index contributed by atoms with van der Waals surface area (Å²) in [6.07, 6.45) is 30.6. The van der Waals surface area contributed by atoms with Gasteiger partial charge in [0.15, 0.2) is 0 Å². The third-order valence-corrected chi connectivity index (χ3v) is 2.90. The molecule has 0 bridgehead atoms. The van der Waals surface area contributed by atoms with E-state index in [9.17, 15) is 4.79 Å². The fourth-order valence-corrected chi connectivity index (χ4v) is 1.65. The van der Waals surface area contributed by atoms with E-state index in [0.717, 1.165) is 50.4 Å². The van der Waals surface area contributed by atoms with E-state index in [-0.39, 0.29) is 0 Å². The van der Waals surface area contributed by atoms with Crippen LogP contribution in [0, 0.1) is 0 Å². The SMILES string of the molecule is CC/C=C\C/C=C\C/C=C\C/C=C\CC/C=C/C=C(\C)C=O. The van der Waals surface area contributed by atoms with Gasteiger partial charge < -0.3 is 0 Å². The lowest BCUT2D eigenvalue weighted by molar-refractivity contribution is -0.104. The monoisotopic (exact) mass is 298 g/mol. The van der Waals surface area contributed by atoms with Crippen molar-refractivity contribution in [3.8, 4) is 0 Å². The van der Waals surface area contributed by atoms with Gasteiger partial charge in [0, 0.05) is 0 Å². The Hall–Kier alpha value is -1.89. The van der Waals surface area contributed by atoms with Crippen molar-refractivity contribution >= 4 is 6.29 Å². The fourth-order valence-electron chi connectivity index (χ4n) is 1.65. The van der Waals surface area contributed by atoms with Crippen LogP contribution in [0.25, 0.3) is 0 Å². The molecule has 1 nitrogen and oxygen atoms in total. The van der Waals surface area contributed by atoms with E-state index >= 15 is 0 Å². The summed E-state index contributed by atoms with van der Waals surface area (Å²) >= 11 is 0. The molecular weight excluding hydrogens is 268 g/mol. The molecule has 0 N–H and O–H groups in total. The summed E-state index contributed by atoms with van der Waals surface area (Å²) in [7, 11) is 0. The van der Waals surface area contributed by atoms with Crippen LogP contribution < -0.4 is 0 Å². The van der Waals surface area contributed by atoms with E-state index in [1.54, 1.807) is 6.92 Å². The molecule has 0 fully saturated rings. The van der Waals surface area contributed by atoms with Crippen LogP contribution in [0.1, 0.15) is 52.4 Å². The predicted octanol–water partition coefficient (Wildman–Crippen LogP) is 6.27. The lowest BCUT2D eigenvalue weighted by Crippen LogP contribution is -1.72. The van der Waals surface area contributed by atoms with Crippen molar-refractivity contribution in [1.82, 2.24) is 0 Å². The Morgan fingerprint density at radius 2 is 1.23 bits per heavy atom. The molecule has 0 aliphatic heterocycles. The highest BCUT2D eigenvalue weighted by Gasteiger charge is 1.79. The Morgan fingerprint density at radius 1 is 0.727 bits per heavy atom. The first kappa shape index (κ1) is 20.1. The fraction of sp³-hybridized carbons (Fsp3) is 0.381. The van der Waals surface area contributed by atoms with Gasteiger partial charge in [-0.2, -0.15) is 0 Å². The van der Waals surface area contributed by atoms with Crippen molar-refractivity contribution in [3.63, 3.8) is 0 Å². The largest absolute Gasteiger partial charge is 0.298 e. The molecule has 0 radical (unpaired) electrons. The molecule has 0 saturated heterocycles. The molecule has 22 heavy (non-hydrogen) atoms. The predicted molar refractivity (Wildman–Crippen MR) is 98.9 cm³/mol. The zero-order chi connectivity index (χ0) is 16.3. The van der Waals surface area contributed by atoms with Crippen LogP contribution in [0.5, 0.6) is 0 Å². The molecule has 0 aliphatic carbocycles. The molecule has 0 aliphatic rings. The number of carbonyl (C=O) groups excluding carboxylic acids is 1. The summed E-state index contributed by atoms with van der Waals surface area (Å²) in [6, 6.07) is 0. The van der Waals surface area contributed by atoms with Crippen LogP contribution in [-0.2, 0) is 4.79 Å². The molecule has 0 aromatic rings. The number of rotatable bonds is 12. The molecule has 0 saturated carbocycles. The van der Waals surface area contributed by atoms with Crippen LogP contribution in [0.15, 0.2) is 72.4 Å². The summed E-state index contributed by atoms with van der Waals surface area (Å²) in [4.78, 5) is 10.4. The van der Waals surface area contributed by atoms with Crippen molar-refractivity contribution in [2.75, 3.05) is 0 Å². The Morgan fingerprint density at radius 3 is 1.77 bits per heavy atom. The quantitative estimate of drug-likeness (QED) is 0.136. The average Bonchev–Trinajstić information content (AvgIpc) is 2.54. The van der Waals surface area contributed by atoms with E-state index in [4.69, 9.17) is 0 Å². The summed E-state index contributed by atoms with van der Waals surface area (Å²) in [5.41, 5.74) is 0.757. The zero-order valence-corrected chi connectivity index (χ0v) is 14.1. The first-order valence-corrected chi connectivity index (χ1v) is 8.19. The first-order chi connectivity index (χ1) is 10.8. The van der Waals surface area contributed by atoms with Gasteiger partial charge in [0.05, 0.1) is 0 Å². The average molecular weight is 298 g/mol. The van der Waals surface area contributed by atoms with Gasteiger partial charge >= 0.3 is 0 Å². The number of unbranched alkanes of at least 4 members (excludes halogenated alkanes) is 1. The molecule has 0 rings (SSSR count). The van der Waals surface area contributed by atoms with Crippen LogP contribution in [0.3, 0.4) is 0 Å². The van der Waals surface area contributed by atoms with Crippen molar-refractivity contribution in [3.05, 3.63) is 72.4 Å². The lowest BCUT2D eigenvalue weighted by Gasteiger charge is -1.87. The van der Waals surface area contributed by atoms with Gasteiger partial charge in [-0.3, -0.25) is 4.79 Å². The number of hydrogen-bond acceptors (Lipinski definition) is 1. The maximum Gasteiger partial charge on any atom is 0.145 e. The van der Waals surface area contributed by atoms with E-state index in [2.05, 4.69) is 61.6 Å². The van der Waals surface area contributed by atoms with Crippen LogP contribution in [0.2, 0.25) is 0 Å². The summed E-state index contributed by atoms with van der Waals surface area (Å²) in [5, 5.41) is 0. The Labute approximate surface area is 136 Å². The molecule has 0 unspecified atom stereocenters. The van der Waals surface area contributed by atoms with E-state index < -0.39 is 0 Å². The van der Waals surface area contributed by atoms with Gasteiger partial charge in [-0.25, -0.2) is 0 Å². The Balaban J connectivity index is 3.56. The number of carbonyl (C=O) groups is 1. The normalized spacial score (nSPS) is 13.6. The third kappa shape index (κ3) is 16.2. The number of aldehydes is 1. The minimum absolute atomic E-state index is 0.757. The van der Waals surface area contributed by atoms with E-state index in [0.29, 0.717) is 0 Å². The van der Waals surface area contributed by atoms with Crippen molar-refractivity contribution in [2.45, 2.75) is 52.4 Å². The van der Waals surface area contributed by atoms with E-state index in [1.165, 1.54) is 0 Å². The first-order valence-electron chi connectivity index (χ1n) is 8.19. The summed E-state index contributed by atoms with van der Waals surface area (Å²) in [5.74, 6) is 0. The number of allylic oxidation sites excluding steroid dienone is 12. The molecule has 120 valence electrons. The topological polar surface area (TPSA) is 17.1 Å². The van der Waals surface area contributed by atoms with Gasteiger partial charge in [-0.05, 0) is 51.0 Å². The lowest BCUT2D eigenvalue weighted by atomic mass is 10.2. The standard InChI is InChI=1S/C21H30O/c1-3-4-5-6-7-8-9-10-11-12-13-14-15-16-17-18-19-21(2)20-22/h4-5,7-8,10-11,13-14,17-20H,3,6,9,12,15-16H2,1-2H3/b5-4-,8-7-,11-10-,14-13-,18-17+,21-19+. The second kappa shape index (κ2) is 17.2. The third-order valence-electron chi connectivity index (χ3n) is 2.90. The molecule has 0 aromatic carbocycles. The zero-order valence-electron chi connectivity index (χ0n) is 14.1. The van der Waals surface area contributed by atoms with Crippen molar-refractivity contribution in [2.24, 2.45) is 0 Å². The molecule has 0 spiro atoms. The van der Waals surface area contributed by atoms with Gasteiger partial charge in [-0.1, -0.05) is 73.8 Å². The minimum atomic E-state index is 0.757. The molecule has 0 amide bonds. The second-order valence-corrected chi connectivity index (χ2v) is 5.04. The van der Waals surface area contributed by atoms with Crippen molar-refractivity contribution in [1.29, 1.82) is 0 Å². The molecule has 0 aromatic heterocycles. The summed E-state index contributed by atoms with van der Waals surface area (Å²) < 4.78 is 0. The maximum atomic E-state index is 10.4. The van der Waals surface area contributed by atoms with Gasteiger partial charge in [0.25, 0.3) is 0 Å². The number of hydrogen-bond donors (Lipinski definition) is 0. The maximum absolute atomic E-state index is 10.4. The van der Waals surface area contributed by atoms with Gasteiger partial charge in [-0.15, -0.1) is 0 Å². The van der Waals surface area contributed by atoms with Crippen LogP contribution >= 0.6 is 0 Å². The Bertz CT molecular complexity index is 431. The molecular formula is C21H30O. The highest BCUT2D eigenvalue weighted by molar-refractivity contribution is 5.72. The minimum Gasteiger partial charge on any atom is -0.298 e. The highest BCUT2D eigenvalue weighted by Crippen LogP contribution is 1.98. The van der Waals surface area contributed by atoms with Crippen molar-refractivity contribution < 1.29 is 4.79 Å². The smallest absolute Gasteiger partial charge is 0.145 e. The van der Waals surface area contributed by atoms with Gasteiger partial charge in [0.2, 0.25) is 0 Å². The van der Waals surface area contributed by atoms with Gasteiger partial charge in [0.1, 0.15) is 6.29 Å². The highest BCUT2D eigenvalue weighted by atomic mass is 16.1. The molecule has 0 heterocycles. The van der Waals surface area contributed by atoms with E-state index in [1.807, 2.05) is 12.2 Å². The summed E-state index contributed by atoms with van der Waals surface area (Å²) in [6.45, 7) is 3.96. The molecule has 0 atom stereocenters. The molecule has 1 heteroatoms. The van der Waals surface area contributed by atoms with Crippen LogP contribution in [0.4, 0.5) is 0 Å².